The van der Waals surface area contributed by atoms with Gasteiger partial charge in [0.2, 0.25) is 0 Å². The van der Waals surface area contributed by atoms with Gasteiger partial charge in [0.1, 0.15) is 0 Å². The molecule has 0 aromatic heterocycles. The van der Waals surface area contributed by atoms with Gasteiger partial charge >= 0.3 is 0 Å². The number of hydrogen-bond acceptors (Lipinski definition) is 4. The second-order valence-corrected chi connectivity index (χ2v) is 5.91. The molecular weight excluding hydrogens is 276 g/mol. The van der Waals surface area contributed by atoms with Crippen LogP contribution in [0.3, 0.4) is 0 Å². The van der Waals surface area contributed by atoms with Gasteiger partial charge in [0.15, 0.2) is 11.7 Å². The molecule has 6 nitrogen and oxygen atoms in total. The highest BCUT2D eigenvalue weighted by Gasteiger charge is 2.15. The molecule has 0 amide bonds. The molecule has 0 fully saturated rings. The van der Waals surface area contributed by atoms with E-state index >= 15 is 0 Å². The van der Waals surface area contributed by atoms with Crippen molar-refractivity contribution in [2.45, 2.75) is 78.1 Å². The molecule has 6 heteroatoms. The maximum absolute atomic E-state index is 7.95. The van der Waals surface area contributed by atoms with Gasteiger partial charge in [-0.3, -0.25) is 20.8 Å². The van der Waals surface area contributed by atoms with Crippen molar-refractivity contribution in [3.8, 4) is 0 Å². The first-order valence-corrected chi connectivity index (χ1v) is 8.76. The predicted octanol–water partition coefficient (Wildman–Crippen LogP) is 3.23. The number of nitrogens with one attached hydrogen (secondary N) is 2. The lowest BCUT2D eigenvalue weighted by molar-refractivity contribution is 0.392. The molecule has 0 aliphatic rings. The topological polar surface area (TPSA) is 106 Å². The maximum atomic E-state index is 7.95. The molecule has 130 valence electrons. The zero-order valence-electron chi connectivity index (χ0n) is 14.5. The maximum Gasteiger partial charge on any atom is 0.179 e. The van der Waals surface area contributed by atoms with Gasteiger partial charge in [-0.05, 0) is 12.8 Å². The van der Waals surface area contributed by atoms with E-state index in [9.17, 15) is 0 Å². The Balaban J connectivity index is 3.89. The van der Waals surface area contributed by atoms with E-state index in [4.69, 9.17) is 22.5 Å². The lowest BCUT2D eigenvalue weighted by Gasteiger charge is -2.25. The first kappa shape index (κ1) is 20.9. The molecule has 0 rings (SSSR count). The van der Waals surface area contributed by atoms with E-state index in [1.54, 1.807) is 0 Å². The summed E-state index contributed by atoms with van der Waals surface area (Å²) in [5, 5.41) is 18.6. The fourth-order valence-corrected chi connectivity index (χ4v) is 2.27. The number of rotatable bonds is 12. The Morgan fingerprint density at radius 2 is 0.955 bits per heavy atom. The average molecular weight is 313 g/mol. The Kier molecular flexibility index (Phi) is 12.8. The SMILES string of the molecule is CCCCCCCN(N)C(=N)C(=N)N(N)CCCCCCC. The predicted molar refractivity (Wildman–Crippen MR) is 94.8 cm³/mol. The lowest BCUT2D eigenvalue weighted by Crippen LogP contribution is -2.50. The van der Waals surface area contributed by atoms with Gasteiger partial charge in [0, 0.05) is 13.1 Å². The first-order valence-electron chi connectivity index (χ1n) is 8.76. The lowest BCUT2D eigenvalue weighted by atomic mass is 10.1. The van der Waals surface area contributed by atoms with Gasteiger partial charge in [-0.2, -0.15) is 0 Å². The summed E-state index contributed by atoms with van der Waals surface area (Å²) >= 11 is 0. The van der Waals surface area contributed by atoms with E-state index in [0.717, 1.165) is 25.7 Å². The van der Waals surface area contributed by atoms with E-state index in [2.05, 4.69) is 13.8 Å². The van der Waals surface area contributed by atoms with Crippen LogP contribution in [0.2, 0.25) is 0 Å². The summed E-state index contributed by atoms with van der Waals surface area (Å²) in [7, 11) is 0. The summed E-state index contributed by atoms with van der Waals surface area (Å²) in [6.45, 7) is 5.58. The molecule has 22 heavy (non-hydrogen) atoms. The van der Waals surface area contributed by atoms with Crippen LogP contribution < -0.4 is 11.7 Å². The van der Waals surface area contributed by atoms with Crippen molar-refractivity contribution in [2.75, 3.05) is 13.1 Å². The van der Waals surface area contributed by atoms with Crippen LogP contribution in [0.15, 0.2) is 0 Å². The van der Waals surface area contributed by atoms with Gasteiger partial charge in [-0.15, -0.1) is 0 Å². The van der Waals surface area contributed by atoms with E-state index in [1.807, 2.05) is 0 Å². The number of nitrogens with two attached hydrogens (primary N) is 2. The molecular formula is C16H36N6. The summed E-state index contributed by atoms with van der Waals surface area (Å²) in [4.78, 5) is 0. The molecule has 0 aromatic carbocycles. The van der Waals surface area contributed by atoms with Crippen molar-refractivity contribution in [3.05, 3.63) is 0 Å². The normalized spacial score (nSPS) is 10.5. The molecule has 6 N–H and O–H groups in total. The average Bonchev–Trinajstić information content (AvgIpc) is 2.52. The minimum atomic E-state index is 0.00606. The number of amidine groups is 2. The highest BCUT2D eigenvalue weighted by atomic mass is 15.5. The quantitative estimate of drug-likeness (QED) is 0.146. The standard InChI is InChI=1S/C16H36N6/c1-3-5-7-9-11-13-21(19)15(17)16(18)22(20)14-12-10-8-6-4-2/h17-18H,3-14,19-20H2,1-2H3. The summed E-state index contributed by atoms with van der Waals surface area (Å²) < 4.78 is 0. The Bertz CT molecular complexity index is 275. The Morgan fingerprint density at radius 1 is 0.636 bits per heavy atom. The minimum Gasteiger partial charge on any atom is -0.292 e. The van der Waals surface area contributed by atoms with E-state index < -0.39 is 0 Å². The second-order valence-electron chi connectivity index (χ2n) is 5.91. The van der Waals surface area contributed by atoms with Gasteiger partial charge in [0.25, 0.3) is 0 Å². The Morgan fingerprint density at radius 3 is 1.27 bits per heavy atom. The zero-order chi connectivity index (χ0) is 16.8. The number of hydrogen-bond donors (Lipinski definition) is 4. The fraction of sp³-hybridized carbons (Fsp3) is 0.875. The van der Waals surface area contributed by atoms with E-state index in [1.165, 1.54) is 48.5 Å². The molecule has 0 aliphatic carbocycles. The second kappa shape index (κ2) is 13.5. The molecule has 0 saturated carbocycles. The Labute approximate surface area is 136 Å². The van der Waals surface area contributed by atoms with Gasteiger partial charge < -0.3 is 0 Å². The van der Waals surface area contributed by atoms with Crippen molar-refractivity contribution < 1.29 is 0 Å². The fourth-order valence-electron chi connectivity index (χ4n) is 2.27. The highest BCUT2D eigenvalue weighted by molar-refractivity contribution is 6.37. The number of nitrogens with zero attached hydrogens (tertiary/aromatic N) is 2. The van der Waals surface area contributed by atoms with Crippen molar-refractivity contribution in [1.29, 1.82) is 10.8 Å². The van der Waals surface area contributed by atoms with Gasteiger partial charge in [0.05, 0.1) is 0 Å². The van der Waals surface area contributed by atoms with Crippen LogP contribution in [0.1, 0.15) is 78.1 Å². The van der Waals surface area contributed by atoms with Crippen LogP contribution in [0.4, 0.5) is 0 Å². The number of unbranched alkanes of at least 4 members (excludes halogenated alkanes) is 8. The zero-order valence-corrected chi connectivity index (χ0v) is 14.5. The van der Waals surface area contributed by atoms with E-state index in [0.29, 0.717) is 13.1 Å². The summed E-state index contributed by atoms with van der Waals surface area (Å²) in [6.07, 6.45) is 11.5. The molecule has 0 radical (unpaired) electrons. The van der Waals surface area contributed by atoms with Crippen molar-refractivity contribution >= 4 is 11.7 Å². The van der Waals surface area contributed by atoms with Crippen LogP contribution in [-0.4, -0.2) is 34.8 Å². The third-order valence-electron chi connectivity index (χ3n) is 3.80. The minimum absolute atomic E-state index is 0.00606. The van der Waals surface area contributed by atoms with Crippen molar-refractivity contribution in [2.24, 2.45) is 11.7 Å². The largest absolute Gasteiger partial charge is 0.292 e. The van der Waals surface area contributed by atoms with Crippen molar-refractivity contribution in [1.82, 2.24) is 10.0 Å². The monoisotopic (exact) mass is 312 g/mol. The molecule has 0 saturated heterocycles. The molecule has 0 spiro atoms. The number of hydrazine groups is 2. The molecule has 0 aromatic rings. The van der Waals surface area contributed by atoms with Crippen LogP contribution in [0.5, 0.6) is 0 Å². The summed E-state index contributed by atoms with van der Waals surface area (Å²) in [5.41, 5.74) is 0. The molecule has 0 unspecified atom stereocenters. The van der Waals surface area contributed by atoms with Gasteiger partial charge in [-0.25, -0.2) is 11.7 Å². The molecule has 0 aliphatic heterocycles. The third-order valence-corrected chi connectivity index (χ3v) is 3.80. The van der Waals surface area contributed by atoms with Crippen LogP contribution in [-0.2, 0) is 0 Å². The third kappa shape index (κ3) is 9.73. The van der Waals surface area contributed by atoms with Gasteiger partial charge in [-0.1, -0.05) is 65.2 Å². The highest BCUT2D eigenvalue weighted by Crippen LogP contribution is 2.04. The summed E-state index contributed by atoms with van der Waals surface area (Å²) in [5.74, 6) is 11.7. The van der Waals surface area contributed by atoms with Crippen LogP contribution in [0, 0.1) is 10.8 Å². The summed E-state index contributed by atoms with van der Waals surface area (Å²) in [6, 6.07) is 0. The van der Waals surface area contributed by atoms with E-state index in [-0.39, 0.29) is 11.7 Å². The van der Waals surface area contributed by atoms with Crippen molar-refractivity contribution in [3.63, 3.8) is 0 Å². The first-order chi connectivity index (χ1) is 10.5. The molecule has 0 bridgehead atoms. The molecule has 0 atom stereocenters. The van der Waals surface area contributed by atoms with Crippen LogP contribution in [0.25, 0.3) is 0 Å². The Hall–Kier alpha value is -1.14. The smallest absolute Gasteiger partial charge is 0.179 e. The molecule has 0 heterocycles. The van der Waals surface area contributed by atoms with Crippen LogP contribution >= 0.6 is 0 Å².